The molecule has 0 saturated heterocycles. The lowest BCUT2D eigenvalue weighted by Crippen LogP contribution is -2.38. The van der Waals surface area contributed by atoms with Crippen LogP contribution in [0.4, 0.5) is 5.69 Å². The second kappa shape index (κ2) is 10.8. The summed E-state index contributed by atoms with van der Waals surface area (Å²) in [7, 11) is 1.65. The van der Waals surface area contributed by atoms with Crippen LogP contribution in [0.3, 0.4) is 0 Å². The minimum absolute atomic E-state index is 0.460. The molecule has 4 heteroatoms. The third-order valence-electron chi connectivity index (χ3n) is 5.89. The Kier molecular flexibility index (Phi) is 7.41. The molecule has 4 nitrogen and oxygen atoms in total. The quantitative estimate of drug-likeness (QED) is 0.165. The minimum atomic E-state index is -0.660. The van der Waals surface area contributed by atoms with Gasteiger partial charge in [0.2, 0.25) is 0 Å². The molecular formula is C30H30N2O2. The number of benzene rings is 4. The van der Waals surface area contributed by atoms with Gasteiger partial charge in [-0.1, -0.05) is 91.0 Å². The van der Waals surface area contributed by atoms with Crippen LogP contribution in [0.5, 0.6) is 5.75 Å². The van der Waals surface area contributed by atoms with Gasteiger partial charge in [-0.25, -0.2) is 0 Å². The minimum Gasteiger partial charge on any atom is -0.491 e. The third-order valence-corrected chi connectivity index (χ3v) is 5.89. The topological polar surface area (TPSA) is 54.3 Å². The number of anilines is 1. The standard InChI is InChI=1S/C30H30N2O2/c1-23(31)28-22-27(34-21-20-33-2)18-19-29(28)32-30(24-12-6-3-7-13-24,25-14-8-4-9-15-25)26-16-10-5-11-17-26/h3-19,22,31-32H,20-21H2,1-2H3. The molecule has 4 rings (SSSR count). The van der Waals surface area contributed by atoms with Gasteiger partial charge in [-0.2, -0.15) is 0 Å². The van der Waals surface area contributed by atoms with Crippen molar-refractivity contribution < 1.29 is 9.47 Å². The van der Waals surface area contributed by atoms with E-state index in [0.717, 1.165) is 27.9 Å². The molecule has 0 fully saturated rings. The summed E-state index contributed by atoms with van der Waals surface area (Å²) >= 11 is 0. The number of ether oxygens (including phenoxy) is 2. The van der Waals surface area contributed by atoms with Crippen molar-refractivity contribution in [2.75, 3.05) is 25.6 Å². The summed E-state index contributed by atoms with van der Waals surface area (Å²) in [6, 6.07) is 37.2. The van der Waals surface area contributed by atoms with Crippen molar-refractivity contribution in [1.82, 2.24) is 0 Å². The van der Waals surface area contributed by atoms with Gasteiger partial charge in [-0.3, -0.25) is 0 Å². The molecule has 172 valence electrons. The van der Waals surface area contributed by atoms with E-state index in [0.29, 0.717) is 24.7 Å². The zero-order valence-electron chi connectivity index (χ0n) is 19.6. The highest BCUT2D eigenvalue weighted by atomic mass is 16.5. The van der Waals surface area contributed by atoms with Crippen molar-refractivity contribution in [1.29, 1.82) is 5.41 Å². The monoisotopic (exact) mass is 450 g/mol. The van der Waals surface area contributed by atoms with Crippen molar-refractivity contribution in [3.05, 3.63) is 131 Å². The molecule has 0 unspecified atom stereocenters. The summed E-state index contributed by atoms with van der Waals surface area (Å²) in [5.74, 6) is 0.717. The van der Waals surface area contributed by atoms with Crippen molar-refractivity contribution in [2.45, 2.75) is 12.5 Å². The van der Waals surface area contributed by atoms with E-state index < -0.39 is 5.54 Å². The SMILES string of the molecule is COCCOc1ccc(NC(c2ccccc2)(c2ccccc2)c2ccccc2)c(C(C)=N)c1. The maximum atomic E-state index is 8.49. The van der Waals surface area contributed by atoms with Crippen LogP contribution in [0.2, 0.25) is 0 Å². The van der Waals surface area contributed by atoms with Crippen LogP contribution in [0, 0.1) is 5.41 Å². The Labute approximate surface area is 201 Å². The first-order valence-electron chi connectivity index (χ1n) is 11.4. The van der Waals surface area contributed by atoms with Gasteiger partial charge in [-0.15, -0.1) is 0 Å². The third kappa shape index (κ3) is 4.87. The summed E-state index contributed by atoms with van der Waals surface area (Å²) in [5.41, 5.74) is 4.80. The van der Waals surface area contributed by atoms with Crippen LogP contribution in [-0.2, 0) is 10.3 Å². The molecule has 0 aliphatic carbocycles. The molecule has 0 aliphatic rings. The Morgan fingerprint density at radius 1 is 0.735 bits per heavy atom. The average molecular weight is 451 g/mol. The van der Waals surface area contributed by atoms with E-state index in [2.05, 4.69) is 78.1 Å². The molecule has 34 heavy (non-hydrogen) atoms. The summed E-state index contributed by atoms with van der Waals surface area (Å²) in [5, 5.41) is 12.4. The van der Waals surface area contributed by atoms with E-state index in [9.17, 15) is 0 Å². The lowest BCUT2D eigenvalue weighted by molar-refractivity contribution is 0.146. The van der Waals surface area contributed by atoms with Crippen LogP contribution in [0.15, 0.2) is 109 Å². The first-order chi connectivity index (χ1) is 16.6. The lowest BCUT2D eigenvalue weighted by Gasteiger charge is -2.38. The summed E-state index contributed by atoms with van der Waals surface area (Å²) in [6.07, 6.45) is 0. The van der Waals surface area contributed by atoms with Crippen LogP contribution < -0.4 is 10.1 Å². The maximum Gasteiger partial charge on any atom is 0.120 e. The van der Waals surface area contributed by atoms with Gasteiger partial charge in [0.05, 0.1) is 6.61 Å². The molecular weight excluding hydrogens is 420 g/mol. The molecule has 0 atom stereocenters. The fourth-order valence-electron chi connectivity index (χ4n) is 4.26. The molecule has 0 heterocycles. The van der Waals surface area contributed by atoms with Gasteiger partial charge in [0.15, 0.2) is 0 Å². The maximum absolute atomic E-state index is 8.49. The highest BCUT2D eigenvalue weighted by Crippen LogP contribution is 2.41. The summed E-state index contributed by atoms with van der Waals surface area (Å²) < 4.78 is 10.9. The number of hydrogen-bond donors (Lipinski definition) is 2. The van der Waals surface area contributed by atoms with Gasteiger partial charge >= 0.3 is 0 Å². The average Bonchev–Trinajstić information content (AvgIpc) is 2.89. The van der Waals surface area contributed by atoms with E-state index in [1.165, 1.54) is 0 Å². The lowest BCUT2D eigenvalue weighted by atomic mass is 9.76. The van der Waals surface area contributed by atoms with Crippen molar-refractivity contribution in [3.8, 4) is 5.75 Å². The fraction of sp³-hybridized carbons (Fsp3) is 0.167. The number of nitrogens with one attached hydrogen (secondary N) is 2. The van der Waals surface area contributed by atoms with Crippen LogP contribution in [0.1, 0.15) is 29.2 Å². The Hall–Kier alpha value is -3.89. The van der Waals surface area contributed by atoms with Crippen LogP contribution in [-0.4, -0.2) is 26.0 Å². The molecule has 4 aromatic rings. The van der Waals surface area contributed by atoms with E-state index in [4.69, 9.17) is 14.9 Å². The Morgan fingerprint density at radius 2 is 1.24 bits per heavy atom. The molecule has 0 aromatic heterocycles. The normalized spacial score (nSPS) is 11.1. The van der Waals surface area contributed by atoms with Crippen LogP contribution in [0.25, 0.3) is 0 Å². The molecule has 0 aliphatic heterocycles. The van der Waals surface area contributed by atoms with Gasteiger partial charge < -0.3 is 20.2 Å². The fourth-order valence-corrected chi connectivity index (χ4v) is 4.26. The van der Waals surface area contributed by atoms with Crippen LogP contribution >= 0.6 is 0 Å². The summed E-state index contributed by atoms with van der Waals surface area (Å²) in [6.45, 7) is 2.77. The Balaban J connectivity index is 1.90. The second-order valence-corrected chi connectivity index (χ2v) is 8.15. The Bertz CT molecular complexity index is 1110. The zero-order valence-corrected chi connectivity index (χ0v) is 19.6. The molecule has 0 radical (unpaired) electrons. The first kappa shape index (κ1) is 23.3. The van der Waals surface area contributed by atoms with Gasteiger partial charge in [-0.05, 0) is 41.8 Å². The summed E-state index contributed by atoms with van der Waals surface area (Å²) in [4.78, 5) is 0. The van der Waals surface area contributed by atoms with E-state index in [1.807, 2.05) is 36.4 Å². The smallest absolute Gasteiger partial charge is 0.120 e. The largest absolute Gasteiger partial charge is 0.491 e. The number of rotatable bonds is 10. The highest BCUT2D eigenvalue weighted by molar-refractivity contribution is 6.02. The number of methoxy groups -OCH3 is 1. The van der Waals surface area contributed by atoms with Crippen molar-refractivity contribution in [3.63, 3.8) is 0 Å². The van der Waals surface area contributed by atoms with E-state index in [1.54, 1.807) is 14.0 Å². The predicted octanol–water partition coefficient (Wildman–Crippen LogP) is 6.50. The molecule has 4 aromatic carbocycles. The zero-order chi connectivity index (χ0) is 23.8. The predicted molar refractivity (Wildman–Crippen MR) is 139 cm³/mol. The molecule has 0 spiro atoms. The van der Waals surface area contributed by atoms with Gasteiger partial charge in [0, 0.05) is 24.1 Å². The van der Waals surface area contributed by atoms with Crippen molar-refractivity contribution >= 4 is 11.4 Å². The molecule has 0 amide bonds. The van der Waals surface area contributed by atoms with E-state index in [-0.39, 0.29) is 0 Å². The first-order valence-corrected chi connectivity index (χ1v) is 11.4. The van der Waals surface area contributed by atoms with Gasteiger partial charge in [0.1, 0.15) is 17.9 Å². The number of hydrogen-bond acceptors (Lipinski definition) is 4. The second-order valence-electron chi connectivity index (χ2n) is 8.15. The Morgan fingerprint density at radius 3 is 1.68 bits per heavy atom. The van der Waals surface area contributed by atoms with Crippen molar-refractivity contribution in [2.24, 2.45) is 0 Å². The van der Waals surface area contributed by atoms with Gasteiger partial charge in [0.25, 0.3) is 0 Å². The highest BCUT2D eigenvalue weighted by Gasteiger charge is 2.36. The molecule has 0 bridgehead atoms. The molecule has 0 saturated carbocycles. The molecule has 2 N–H and O–H groups in total. The van der Waals surface area contributed by atoms with E-state index >= 15 is 0 Å².